The fourth-order valence-electron chi connectivity index (χ4n) is 1.09. The van der Waals surface area contributed by atoms with Crippen molar-refractivity contribution in [2.45, 2.75) is 4.34 Å². The highest BCUT2D eigenvalue weighted by Crippen LogP contribution is 2.27. The largest absolute Gasteiger partial charge is 0.508 e. The number of hydrogen-bond acceptors (Lipinski definition) is 5. The lowest BCUT2D eigenvalue weighted by atomic mass is 10.3. The predicted molar refractivity (Wildman–Crippen MR) is 57.5 cm³/mol. The Balaban J connectivity index is 2.67. The van der Waals surface area contributed by atoms with Crippen LogP contribution in [0.15, 0.2) is 22.5 Å². The summed E-state index contributed by atoms with van der Waals surface area (Å²) in [5, 5.41) is 9.21. The molecule has 0 aliphatic rings. The first-order chi connectivity index (χ1) is 7.03. The molecule has 0 unspecified atom stereocenters. The Bertz CT molecular complexity index is 603. The van der Waals surface area contributed by atoms with Crippen LogP contribution in [0.5, 0.6) is 5.75 Å². The second-order valence-corrected chi connectivity index (χ2v) is 5.93. The third-order valence-corrected chi connectivity index (χ3v) is 4.66. The minimum absolute atomic E-state index is 0.00519. The maximum absolute atomic E-state index is 11.4. The molecule has 0 bridgehead atoms. The molecule has 0 radical (unpaired) electrons. The zero-order valence-electron chi connectivity index (χ0n) is 7.76. The van der Waals surface area contributed by atoms with Gasteiger partial charge in [0.1, 0.15) is 5.75 Å². The lowest BCUT2D eigenvalue weighted by Crippen LogP contribution is -2.18. The highest BCUT2D eigenvalue weighted by atomic mass is 32.2. The van der Waals surface area contributed by atoms with Crippen molar-refractivity contribution in [2.75, 3.05) is 7.05 Å². The highest BCUT2D eigenvalue weighted by Gasteiger charge is 2.17. The first-order valence-electron chi connectivity index (χ1n) is 4.06. The molecule has 2 aromatic rings. The molecule has 2 rings (SSSR count). The fourth-order valence-corrected chi connectivity index (χ4v) is 3.18. The second-order valence-electron chi connectivity index (χ2n) is 2.84. The van der Waals surface area contributed by atoms with E-state index in [0.29, 0.717) is 10.2 Å². The van der Waals surface area contributed by atoms with Crippen LogP contribution in [0.1, 0.15) is 0 Å². The molecule has 1 heterocycles. The molecule has 0 aliphatic heterocycles. The molecule has 80 valence electrons. The number of sulfonamides is 1. The van der Waals surface area contributed by atoms with E-state index in [9.17, 15) is 13.5 Å². The van der Waals surface area contributed by atoms with Crippen molar-refractivity contribution in [1.82, 2.24) is 9.71 Å². The number of benzene rings is 1. The number of rotatable bonds is 2. The molecular formula is C8H8N2O3S2. The van der Waals surface area contributed by atoms with Crippen molar-refractivity contribution in [3.05, 3.63) is 18.2 Å². The van der Waals surface area contributed by atoms with Crippen LogP contribution in [0.25, 0.3) is 10.2 Å². The van der Waals surface area contributed by atoms with Gasteiger partial charge in [0.05, 0.1) is 10.2 Å². The van der Waals surface area contributed by atoms with Crippen molar-refractivity contribution in [1.29, 1.82) is 0 Å². The molecule has 2 N–H and O–H groups in total. The van der Waals surface area contributed by atoms with Crippen molar-refractivity contribution in [3.63, 3.8) is 0 Å². The Morgan fingerprint density at radius 1 is 1.47 bits per heavy atom. The fraction of sp³-hybridized carbons (Fsp3) is 0.125. The molecule has 5 nitrogen and oxygen atoms in total. The number of aromatic nitrogens is 1. The van der Waals surface area contributed by atoms with Crippen LogP contribution in [0.4, 0.5) is 0 Å². The Labute approximate surface area is 90.4 Å². The number of nitrogens with one attached hydrogen (secondary N) is 1. The maximum atomic E-state index is 11.4. The van der Waals surface area contributed by atoms with E-state index < -0.39 is 10.0 Å². The monoisotopic (exact) mass is 244 g/mol. The molecule has 1 aromatic carbocycles. The van der Waals surface area contributed by atoms with Crippen LogP contribution in [-0.2, 0) is 10.0 Å². The van der Waals surface area contributed by atoms with Gasteiger partial charge >= 0.3 is 0 Å². The summed E-state index contributed by atoms with van der Waals surface area (Å²) < 4.78 is 25.7. The summed E-state index contributed by atoms with van der Waals surface area (Å²) >= 11 is 1.02. The van der Waals surface area contributed by atoms with Gasteiger partial charge in [-0.3, -0.25) is 0 Å². The van der Waals surface area contributed by atoms with E-state index >= 15 is 0 Å². The van der Waals surface area contributed by atoms with Crippen LogP contribution in [0.3, 0.4) is 0 Å². The van der Waals surface area contributed by atoms with Crippen molar-refractivity contribution in [3.8, 4) is 5.75 Å². The van der Waals surface area contributed by atoms with Gasteiger partial charge in [-0.1, -0.05) is 0 Å². The third-order valence-electron chi connectivity index (χ3n) is 1.85. The van der Waals surface area contributed by atoms with Crippen molar-refractivity contribution in [2.24, 2.45) is 0 Å². The quantitative estimate of drug-likeness (QED) is 0.823. The topological polar surface area (TPSA) is 79.3 Å². The zero-order valence-corrected chi connectivity index (χ0v) is 9.39. The Kier molecular flexibility index (Phi) is 2.37. The average Bonchev–Trinajstić information content (AvgIpc) is 2.61. The molecule has 1 aromatic heterocycles. The molecule has 0 spiro atoms. The molecule has 0 saturated heterocycles. The van der Waals surface area contributed by atoms with Crippen molar-refractivity contribution < 1.29 is 13.5 Å². The maximum Gasteiger partial charge on any atom is 0.267 e. The van der Waals surface area contributed by atoms with Gasteiger partial charge in [-0.05, 0) is 25.2 Å². The molecule has 0 fully saturated rings. The van der Waals surface area contributed by atoms with Gasteiger partial charge in [0, 0.05) is 0 Å². The lowest BCUT2D eigenvalue weighted by molar-refractivity contribution is 0.476. The van der Waals surface area contributed by atoms with E-state index in [0.717, 1.165) is 11.3 Å². The molecule has 0 amide bonds. The summed E-state index contributed by atoms with van der Waals surface area (Å²) in [7, 11) is -2.16. The first-order valence-corrected chi connectivity index (χ1v) is 6.36. The van der Waals surface area contributed by atoms with Gasteiger partial charge in [-0.2, -0.15) is 0 Å². The zero-order chi connectivity index (χ0) is 11.1. The summed E-state index contributed by atoms with van der Waals surface area (Å²) in [4.78, 5) is 3.95. The van der Waals surface area contributed by atoms with E-state index in [-0.39, 0.29) is 10.1 Å². The Morgan fingerprint density at radius 3 is 2.87 bits per heavy atom. The minimum atomic E-state index is -3.50. The molecule has 15 heavy (non-hydrogen) atoms. The summed E-state index contributed by atoms with van der Waals surface area (Å²) in [6.45, 7) is 0. The number of aromatic hydroxyl groups is 1. The third kappa shape index (κ3) is 1.81. The van der Waals surface area contributed by atoms with Crippen molar-refractivity contribution >= 4 is 31.6 Å². The molecule has 7 heteroatoms. The van der Waals surface area contributed by atoms with Gasteiger partial charge in [-0.25, -0.2) is 18.1 Å². The van der Waals surface area contributed by atoms with Crippen LogP contribution in [0, 0.1) is 0 Å². The molecule has 0 atom stereocenters. The summed E-state index contributed by atoms with van der Waals surface area (Å²) in [6.07, 6.45) is 0. The van der Waals surface area contributed by atoms with Crippen LogP contribution in [0.2, 0.25) is 0 Å². The second kappa shape index (κ2) is 3.44. The first kappa shape index (κ1) is 10.3. The SMILES string of the molecule is CNS(=O)(=O)c1nc2ccc(O)cc2s1. The number of phenolic OH excluding ortho intramolecular Hbond substituents is 1. The summed E-state index contributed by atoms with van der Waals surface area (Å²) in [6, 6.07) is 4.54. The van der Waals surface area contributed by atoms with Crippen LogP contribution >= 0.6 is 11.3 Å². The number of hydrogen-bond donors (Lipinski definition) is 2. The Hall–Kier alpha value is -1.18. The number of thiazole rings is 1. The average molecular weight is 244 g/mol. The molecule has 0 saturated carbocycles. The van der Waals surface area contributed by atoms with Crippen LogP contribution < -0.4 is 4.72 Å². The molecular weight excluding hydrogens is 236 g/mol. The number of phenols is 1. The van der Waals surface area contributed by atoms with Gasteiger partial charge in [0.15, 0.2) is 0 Å². The normalized spacial score (nSPS) is 12.1. The van der Waals surface area contributed by atoms with E-state index in [4.69, 9.17) is 0 Å². The van der Waals surface area contributed by atoms with Gasteiger partial charge < -0.3 is 5.11 Å². The summed E-state index contributed by atoms with van der Waals surface area (Å²) in [5.41, 5.74) is 0.562. The number of fused-ring (bicyclic) bond motifs is 1. The smallest absolute Gasteiger partial charge is 0.267 e. The highest BCUT2D eigenvalue weighted by molar-refractivity contribution is 7.91. The standard InChI is InChI=1S/C8H8N2O3S2/c1-9-15(12,13)8-10-6-3-2-5(11)4-7(6)14-8/h2-4,9,11H,1H3. The van der Waals surface area contributed by atoms with E-state index in [1.165, 1.54) is 19.2 Å². The predicted octanol–water partition coefficient (Wildman–Crippen LogP) is 0.910. The van der Waals surface area contributed by atoms with Crippen LogP contribution in [-0.4, -0.2) is 25.6 Å². The van der Waals surface area contributed by atoms with Gasteiger partial charge in [0.2, 0.25) is 4.34 Å². The minimum Gasteiger partial charge on any atom is -0.508 e. The lowest BCUT2D eigenvalue weighted by Gasteiger charge is -1.93. The van der Waals surface area contributed by atoms with E-state index in [2.05, 4.69) is 9.71 Å². The van der Waals surface area contributed by atoms with E-state index in [1.807, 2.05) is 0 Å². The van der Waals surface area contributed by atoms with Gasteiger partial charge in [0.25, 0.3) is 10.0 Å². The molecule has 0 aliphatic carbocycles. The van der Waals surface area contributed by atoms with Gasteiger partial charge in [-0.15, -0.1) is 11.3 Å². The van der Waals surface area contributed by atoms with E-state index in [1.54, 1.807) is 6.07 Å². The summed E-state index contributed by atoms with van der Waals surface area (Å²) in [5.74, 6) is 0.0968. The Morgan fingerprint density at radius 2 is 2.20 bits per heavy atom. The number of nitrogens with zero attached hydrogens (tertiary/aromatic N) is 1.